The molecule has 1 aliphatic carbocycles. The number of hydrogen-bond donors (Lipinski definition) is 2. The monoisotopic (exact) mass is 160 g/mol. The minimum atomic E-state index is -0.464. The molecule has 0 aliphatic heterocycles. The van der Waals surface area contributed by atoms with Gasteiger partial charge >= 0.3 is 0 Å². The summed E-state index contributed by atoms with van der Waals surface area (Å²) in [6.07, 6.45) is 1.66. The van der Waals surface area contributed by atoms with Crippen LogP contribution in [0.4, 0.5) is 0 Å². The molecule has 1 fully saturated rings. The second-order valence-corrected chi connectivity index (χ2v) is 3.05. The summed E-state index contributed by atoms with van der Waals surface area (Å²) in [5.41, 5.74) is 0. The lowest BCUT2D eigenvalue weighted by Crippen LogP contribution is -2.32. The third-order valence-electron chi connectivity index (χ3n) is 2.04. The molecule has 1 rings (SSSR count). The predicted octanol–water partition coefficient (Wildman–Crippen LogP) is 1.55. The van der Waals surface area contributed by atoms with Crippen LogP contribution in [0.5, 0.6) is 0 Å². The standard InChI is InChI=1S/C7H14O2.C2H6/c1-5-2-3-6(8)7(9)4-5;1-2/h5-9H,2-4H2,1H3;1-2H3. The lowest BCUT2D eigenvalue weighted by molar-refractivity contribution is -0.0226. The molecule has 68 valence electrons. The van der Waals surface area contributed by atoms with Crippen molar-refractivity contribution in [2.24, 2.45) is 5.92 Å². The fourth-order valence-corrected chi connectivity index (χ4v) is 1.33. The Morgan fingerprint density at radius 1 is 1.00 bits per heavy atom. The van der Waals surface area contributed by atoms with E-state index in [9.17, 15) is 0 Å². The molecule has 11 heavy (non-hydrogen) atoms. The molecule has 0 saturated heterocycles. The van der Waals surface area contributed by atoms with E-state index in [2.05, 4.69) is 6.92 Å². The van der Waals surface area contributed by atoms with Gasteiger partial charge in [-0.1, -0.05) is 20.8 Å². The van der Waals surface area contributed by atoms with E-state index in [4.69, 9.17) is 10.2 Å². The van der Waals surface area contributed by atoms with E-state index in [1.54, 1.807) is 0 Å². The van der Waals surface area contributed by atoms with Crippen LogP contribution in [0.25, 0.3) is 0 Å². The third-order valence-corrected chi connectivity index (χ3v) is 2.04. The molecule has 0 heterocycles. The summed E-state index contributed by atoms with van der Waals surface area (Å²) < 4.78 is 0. The Morgan fingerprint density at radius 3 is 1.91 bits per heavy atom. The number of rotatable bonds is 0. The van der Waals surface area contributed by atoms with Gasteiger partial charge in [0.05, 0.1) is 12.2 Å². The SMILES string of the molecule is CC.CC1CCC(O)C(O)C1. The first kappa shape index (κ1) is 10.9. The van der Waals surface area contributed by atoms with Crippen molar-refractivity contribution in [1.29, 1.82) is 0 Å². The molecule has 1 saturated carbocycles. The molecule has 3 unspecified atom stereocenters. The van der Waals surface area contributed by atoms with Crippen molar-refractivity contribution in [1.82, 2.24) is 0 Å². The van der Waals surface area contributed by atoms with Crippen LogP contribution in [-0.4, -0.2) is 22.4 Å². The second-order valence-electron chi connectivity index (χ2n) is 3.05. The van der Waals surface area contributed by atoms with Crippen LogP contribution in [0.3, 0.4) is 0 Å². The summed E-state index contributed by atoms with van der Waals surface area (Å²) in [4.78, 5) is 0. The van der Waals surface area contributed by atoms with Gasteiger partial charge in [-0.2, -0.15) is 0 Å². The fourth-order valence-electron chi connectivity index (χ4n) is 1.33. The van der Waals surface area contributed by atoms with Crippen LogP contribution in [-0.2, 0) is 0 Å². The van der Waals surface area contributed by atoms with Crippen LogP contribution in [0.1, 0.15) is 40.0 Å². The molecule has 2 heteroatoms. The molecule has 0 aromatic heterocycles. The summed E-state index contributed by atoms with van der Waals surface area (Å²) in [7, 11) is 0. The average molecular weight is 160 g/mol. The zero-order valence-corrected chi connectivity index (χ0v) is 7.75. The first-order valence-electron chi connectivity index (χ1n) is 4.56. The molecule has 3 atom stereocenters. The van der Waals surface area contributed by atoms with Crippen LogP contribution >= 0.6 is 0 Å². The van der Waals surface area contributed by atoms with Gasteiger partial charge in [-0.05, 0) is 25.2 Å². The highest BCUT2D eigenvalue weighted by Crippen LogP contribution is 2.23. The van der Waals surface area contributed by atoms with Crippen molar-refractivity contribution >= 4 is 0 Å². The van der Waals surface area contributed by atoms with E-state index in [1.165, 1.54) is 0 Å². The van der Waals surface area contributed by atoms with Gasteiger partial charge in [0.1, 0.15) is 0 Å². The maximum atomic E-state index is 9.10. The summed E-state index contributed by atoms with van der Waals surface area (Å²) in [5, 5.41) is 18.1. The third kappa shape index (κ3) is 3.73. The minimum Gasteiger partial charge on any atom is -0.390 e. The molecule has 0 bridgehead atoms. The first-order valence-corrected chi connectivity index (χ1v) is 4.56. The van der Waals surface area contributed by atoms with Gasteiger partial charge < -0.3 is 10.2 Å². The largest absolute Gasteiger partial charge is 0.390 e. The second kappa shape index (κ2) is 5.56. The van der Waals surface area contributed by atoms with Gasteiger partial charge in [-0.15, -0.1) is 0 Å². The van der Waals surface area contributed by atoms with Crippen molar-refractivity contribution in [2.45, 2.75) is 52.2 Å². The molecule has 0 spiro atoms. The normalized spacial score (nSPS) is 37.4. The lowest BCUT2D eigenvalue weighted by Gasteiger charge is -2.27. The van der Waals surface area contributed by atoms with E-state index in [0.29, 0.717) is 5.92 Å². The summed E-state index contributed by atoms with van der Waals surface area (Å²) in [6, 6.07) is 0. The van der Waals surface area contributed by atoms with Crippen LogP contribution < -0.4 is 0 Å². The smallest absolute Gasteiger partial charge is 0.0801 e. The zero-order valence-electron chi connectivity index (χ0n) is 7.75. The molecule has 2 N–H and O–H groups in total. The highest BCUT2D eigenvalue weighted by atomic mass is 16.3. The molecule has 0 aromatic rings. The van der Waals surface area contributed by atoms with E-state index < -0.39 is 12.2 Å². The number of aliphatic hydroxyl groups is 2. The fraction of sp³-hybridized carbons (Fsp3) is 1.00. The van der Waals surface area contributed by atoms with Gasteiger partial charge in [0.2, 0.25) is 0 Å². The van der Waals surface area contributed by atoms with Gasteiger partial charge in [0.15, 0.2) is 0 Å². The highest BCUT2D eigenvalue weighted by Gasteiger charge is 2.24. The Hall–Kier alpha value is -0.0800. The highest BCUT2D eigenvalue weighted by molar-refractivity contribution is 4.76. The Bertz CT molecular complexity index is 93.6. The topological polar surface area (TPSA) is 40.5 Å². The number of hydrogen-bond acceptors (Lipinski definition) is 2. The van der Waals surface area contributed by atoms with Gasteiger partial charge in [-0.25, -0.2) is 0 Å². The van der Waals surface area contributed by atoms with Crippen molar-refractivity contribution in [3.05, 3.63) is 0 Å². The average Bonchev–Trinajstić information content (AvgIpc) is 2.02. The van der Waals surface area contributed by atoms with Gasteiger partial charge in [0.25, 0.3) is 0 Å². The van der Waals surface area contributed by atoms with Crippen LogP contribution in [0, 0.1) is 5.92 Å². The molecule has 0 amide bonds. The minimum absolute atomic E-state index is 0.457. The zero-order chi connectivity index (χ0) is 8.85. The Balaban J connectivity index is 0.000000461. The van der Waals surface area contributed by atoms with Crippen LogP contribution in [0.15, 0.2) is 0 Å². The maximum Gasteiger partial charge on any atom is 0.0801 e. The molecule has 0 radical (unpaired) electrons. The van der Waals surface area contributed by atoms with E-state index >= 15 is 0 Å². The molecule has 1 aliphatic rings. The van der Waals surface area contributed by atoms with Gasteiger partial charge in [0, 0.05) is 0 Å². The molecule has 2 nitrogen and oxygen atoms in total. The summed E-state index contributed by atoms with van der Waals surface area (Å²) in [6.45, 7) is 6.11. The van der Waals surface area contributed by atoms with Gasteiger partial charge in [-0.3, -0.25) is 0 Å². The van der Waals surface area contributed by atoms with Crippen molar-refractivity contribution in [2.75, 3.05) is 0 Å². The lowest BCUT2D eigenvalue weighted by atomic mass is 9.87. The summed E-state index contributed by atoms with van der Waals surface area (Å²) in [5.74, 6) is 0.586. The Morgan fingerprint density at radius 2 is 1.55 bits per heavy atom. The van der Waals surface area contributed by atoms with E-state index in [0.717, 1.165) is 19.3 Å². The number of aliphatic hydroxyl groups excluding tert-OH is 2. The van der Waals surface area contributed by atoms with Crippen molar-refractivity contribution in [3.8, 4) is 0 Å². The predicted molar refractivity (Wildman–Crippen MR) is 46.4 cm³/mol. The van der Waals surface area contributed by atoms with E-state index in [1.807, 2.05) is 13.8 Å². The maximum absolute atomic E-state index is 9.10. The van der Waals surface area contributed by atoms with Crippen molar-refractivity contribution < 1.29 is 10.2 Å². The van der Waals surface area contributed by atoms with E-state index in [-0.39, 0.29) is 0 Å². The molecular weight excluding hydrogens is 140 g/mol. The Labute approximate surface area is 69.2 Å². The molecule has 0 aromatic carbocycles. The first-order chi connectivity index (χ1) is 5.20. The van der Waals surface area contributed by atoms with Crippen LogP contribution in [0.2, 0.25) is 0 Å². The van der Waals surface area contributed by atoms with Crippen molar-refractivity contribution in [3.63, 3.8) is 0 Å². The Kier molecular flexibility index (Phi) is 5.51. The summed E-state index contributed by atoms with van der Waals surface area (Å²) >= 11 is 0. The molecular formula is C9H20O2. The quantitative estimate of drug-likeness (QED) is 0.564.